The van der Waals surface area contributed by atoms with Crippen molar-refractivity contribution >= 4 is 11.6 Å². The Morgan fingerprint density at radius 1 is 0.524 bits per heavy atom. The van der Waals surface area contributed by atoms with Gasteiger partial charge in [-0.15, -0.1) is 0 Å². The Morgan fingerprint density at radius 2 is 0.857 bits per heavy atom. The fourth-order valence-corrected chi connectivity index (χ4v) is 3.00. The second kappa shape index (κ2) is 20.0. The highest BCUT2D eigenvalue weighted by Gasteiger charge is 1.94. The molecule has 0 radical (unpaired) electrons. The number of hydrogen-bond acceptors (Lipinski definition) is 0. The van der Waals surface area contributed by atoms with E-state index in [1.165, 1.54) is 103 Å². The fourth-order valence-electron chi connectivity index (χ4n) is 2.87. The van der Waals surface area contributed by atoms with Crippen LogP contribution in [0.2, 0.25) is 0 Å². The van der Waals surface area contributed by atoms with Crippen molar-refractivity contribution in [1.82, 2.24) is 0 Å². The first-order valence-corrected chi connectivity index (χ1v) is 10.1. The number of halogens is 1. The molecule has 0 amide bonds. The summed E-state index contributed by atoms with van der Waals surface area (Å²) < 4.78 is 0. The second-order valence-corrected chi connectivity index (χ2v) is 6.71. The molecule has 0 heterocycles. The van der Waals surface area contributed by atoms with Crippen molar-refractivity contribution in [1.29, 1.82) is 0 Å². The van der Waals surface area contributed by atoms with E-state index in [1.807, 2.05) is 0 Å². The van der Waals surface area contributed by atoms with Crippen molar-refractivity contribution in [2.45, 2.75) is 116 Å². The lowest BCUT2D eigenvalue weighted by Crippen LogP contribution is -1.83. The Hall–Kier alpha value is 0.0300. The zero-order valence-corrected chi connectivity index (χ0v) is 15.3. The maximum atomic E-state index is 5.49. The summed E-state index contributed by atoms with van der Waals surface area (Å²) in [4.78, 5) is 0. The molecule has 0 aliphatic rings. The van der Waals surface area contributed by atoms with E-state index in [2.05, 4.69) is 13.0 Å². The van der Waals surface area contributed by atoms with Crippen LogP contribution in [0.3, 0.4) is 0 Å². The molecule has 0 nitrogen and oxygen atoms in total. The first-order chi connectivity index (χ1) is 10.4. The normalized spacial score (nSPS) is 11.5. The van der Waals surface area contributed by atoms with E-state index in [9.17, 15) is 0 Å². The van der Waals surface area contributed by atoms with Gasteiger partial charge in [0.05, 0.1) is 0 Å². The van der Waals surface area contributed by atoms with Gasteiger partial charge in [0.15, 0.2) is 0 Å². The minimum Gasteiger partial charge on any atom is -0.0933 e. The summed E-state index contributed by atoms with van der Waals surface area (Å²) >= 11 is 5.49. The number of unbranched alkanes of at least 4 members (excludes halogenated alkanes) is 16. The average molecular weight is 315 g/mol. The SMILES string of the molecule is CCCCCCCCCCCCCCCCCC/C=C\Cl. The Morgan fingerprint density at radius 3 is 1.19 bits per heavy atom. The molecule has 0 aliphatic carbocycles. The van der Waals surface area contributed by atoms with Crippen LogP contribution >= 0.6 is 11.6 Å². The van der Waals surface area contributed by atoms with Gasteiger partial charge in [-0.05, 0) is 12.8 Å². The quantitative estimate of drug-likeness (QED) is 0.236. The van der Waals surface area contributed by atoms with Crippen LogP contribution in [0.15, 0.2) is 11.6 Å². The average Bonchev–Trinajstić information content (AvgIpc) is 2.50. The van der Waals surface area contributed by atoms with Crippen LogP contribution in [-0.4, -0.2) is 0 Å². The summed E-state index contributed by atoms with van der Waals surface area (Å²) in [6.45, 7) is 2.29. The van der Waals surface area contributed by atoms with Gasteiger partial charge in [-0.2, -0.15) is 0 Å². The molecule has 0 aromatic rings. The smallest absolute Gasteiger partial charge is 0.000245 e. The zero-order valence-electron chi connectivity index (χ0n) is 14.6. The predicted molar refractivity (Wildman–Crippen MR) is 99.2 cm³/mol. The van der Waals surface area contributed by atoms with Crippen molar-refractivity contribution in [2.24, 2.45) is 0 Å². The van der Waals surface area contributed by atoms with Crippen LogP contribution in [0.5, 0.6) is 0 Å². The van der Waals surface area contributed by atoms with Crippen LogP contribution < -0.4 is 0 Å². The van der Waals surface area contributed by atoms with E-state index in [0.717, 1.165) is 6.42 Å². The van der Waals surface area contributed by atoms with E-state index in [0.29, 0.717) is 0 Å². The standard InChI is InChI=1S/C20H39Cl/c1-2-3-4-5-6-7-8-9-10-11-12-13-14-15-16-17-18-19-20-21/h19-20H,2-18H2,1H3/b20-19-. The zero-order chi connectivity index (χ0) is 15.4. The highest BCUT2D eigenvalue weighted by atomic mass is 35.5. The summed E-state index contributed by atoms with van der Waals surface area (Å²) in [6, 6.07) is 0. The van der Waals surface area contributed by atoms with Crippen molar-refractivity contribution in [3.05, 3.63) is 11.6 Å². The van der Waals surface area contributed by atoms with Gasteiger partial charge in [0.2, 0.25) is 0 Å². The second-order valence-electron chi connectivity index (χ2n) is 6.45. The summed E-state index contributed by atoms with van der Waals surface area (Å²) in [5, 5.41) is 0. The van der Waals surface area contributed by atoms with Crippen molar-refractivity contribution in [3.8, 4) is 0 Å². The van der Waals surface area contributed by atoms with E-state index >= 15 is 0 Å². The predicted octanol–water partition coefficient (Wildman–Crippen LogP) is 8.39. The molecule has 0 atom stereocenters. The lowest BCUT2D eigenvalue weighted by atomic mass is 10.0. The molecule has 0 saturated carbocycles. The van der Waals surface area contributed by atoms with Gasteiger partial charge in [0, 0.05) is 5.54 Å². The molecular formula is C20H39Cl. The Kier molecular flexibility index (Phi) is 20.1. The summed E-state index contributed by atoms with van der Waals surface area (Å²) in [7, 11) is 0. The third kappa shape index (κ3) is 20.0. The van der Waals surface area contributed by atoms with Crippen LogP contribution in [0.1, 0.15) is 116 Å². The van der Waals surface area contributed by atoms with Crippen molar-refractivity contribution < 1.29 is 0 Å². The van der Waals surface area contributed by atoms with Gasteiger partial charge in [0.1, 0.15) is 0 Å². The maximum absolute atomic E-state index is 5.49. The number of rotatable bonds is 17. The molecule has 0 unspecified atom stereocenters. The van der Waals surface area contributed by atoms with Crippen molar-refractivity contribution in [2.75, 3.05) is 0 Å². The van der Waals surface area contributed by atoms with Crippen LogP contribution in [-0.2, 0) is 0 Å². The van der Waals surface area contributed by atoms with Crippen LogP contribution in [0.4, 0.5) is 0 Å². The molecule has 0 N–H and O–H groups in total. The molecule has 126 valence electrons. The lowest BCUT2D eigenvalue weighted by molar-refractivity contribution is 0.530. The minimum absolute atomic E-state index is 1.15. The minimum atomic E-state index is 1.15. The van der Waals surface area contributed by atoms with E-state index in [4.69, 9.17) is 11.6 Å². The fraction of sp³-hybridized carbons (Fsp3) is 0.900. The molecule has 1 heteroatoms. The third-order valence-corrected chi connectivity index (χ3v) is 4.49. The van der Waals surface area contributed by atoms with Gasteiger partial charge in [-0.3, -0.25) is 0 Å². The first kappa shape index (κ1) is 21.0. The van der Waals surface area contributed by atoms with Crippen LogP contribution in [0.25, 0.3) is 0 Å². The molecular weight excluding hydrogens is 276 g/mol. The molecule has 21 heavy (non-hydrogen) atoms. The number of allylic oxidation sites excluding steroid dienone is 1. The molecule has 0 aromatic heterocycles. The summed E-state index contributed by atoms with van der Waals surface area (Å²) in [5.74, 6) is 0. The van der Waals surface area contributed by atoms with E-state index in [1.54, 1.807) is 5.54 Å². The molecule has 0 fully saturated rings. The van der Waals surface area contributed by atoms with E-state index < -0.39 is 0 Å². The molecule has 0 spiro atoms. The van der Waals surface area contributed by atoms with Gasteiger partial charge < -0.3 is 0 Å². The van der Waals surface area contributed by atoms with Crippen molar-refractivity contribution in [3.63, 3.8) is 0 Å². The van der Waals surface area contributed by atoms with Crippen LogP contribution in [0, 0.1) is 0 Å². The summed E-state index contributed by atoms with van der Waals surface area (Å²) in [6.07, 6.45) is 26.2. The number of hydrogen-bond donors (Lipinski definition) is 0. The molecule has 0 saturated heterocycles. The summed E-state index contributed by atoms with van der Waals surface area (Å²) in [5.41, 5.74) is 1.64. The molecule has 0 aromatic carbocycles. The maximum Gasteiger partial charge on any atom is 0.000245 e. The van der Waals surface area contributed by atoms with Gasteiger partial charge >= 0.3 is 0 Å². The molecule has 0 aliphatic heterocycles. The Bertz CT molecular complexity index is 198. The van der Waals surface area contributed by atoms with Gasteiger partial charge in [-0.1, -0.05) is 121 Å². The topological polar surface area (TPSA) is 0 Å². The van der Waals surface area contributed by atoms with Gasteiger partial charge in [-0.25, -0.2) is 0 Å². The Balaban J connectivity index is 2.93. The molecule has 0 rings (SSSR count). The Labute approximate surface area is 139 Å². The largest absolute Gasteiger partial charge is 0.0933 e. The molecule has 0 bridgehead atoms. The monoisotopic (exact) mass is 314 g/mol. The third-order valence-electron chi connectivity index (χ3n) is 4.31. The lowest BCUT2D eigenvalue weighted by Gasteiger charge is -2.03. The first-order valence-electron chi connectivity index (χ1n) is 9.67. The highest BCUT2D eigenvalue weighted by molar-refractivity contribution is 6.25. The van der Waals surface area contributed by atoms with Gasteiger partial charge in [0.25, 0.3) is 0 Å². The highest BCUT2D eigenvalue weighted by Crippen LogP contribution is 2.14. The van der Waals surface area contributed by atoms with E-state index in [-0.39, 0.29) is 0 Å².